The van der Waals surface area contributed by atoms with Crippen LogP contribution in [-0.2, 0) is 9.53 Å². The number of aliphatic hydroxyl groups excluding tert-OH is 1. The van der Waals surface area contributed by atoms with E-state index in [0.29, 0.717) is 30.4 Å². The molecular weight excluding hydrogens is 382 g/mol. The van der Waals surface area contributed by atoms with Crippen molar-refractivity contribution in [2.75, 3.05) is 19.8 Å². The van der Waals surface area contributed by atoms with Gasteiger partial charge in [0.1, 0.15) is 13.2 Å². The van der Waals surface area contributed by atoms with Crippen LogP contribution in [0.15, 0.2) is 58.4 Å². The van der Waals surface area contributed by atoms with Crippen LogP contribution in [0.1, 0.15) is 12.5 Å². The summed E-state index contributed by atoms with van der Waals surface area (Å²) in [6, 6.07) is 9.86. The van der Waals surface area contributed by atoms with Crippen LogP contribution in [-0.4, -0.2) is 35.8 Å². The van der Waals surface area contributed by atoms with Gasteiger partial charge in [-0.1, -0.05) is 0 Å². The molecule has 0 aromatic heterocycles. The highest BCUT2D eigenvalue weighted by Crippen LogP contribution is 2.34. The first-order chi connectivity index (χ1) is 14.0. The molecule has 0 aliphatic carbocycles. The van der Waals surface area contributed by atoms with Gasteiger partial charge in [-0.2, -0.15) is 5.11 Å². The standard InChI is InChI=1S/C19H17N3O7/c1-2-27-19(24)17(18(23)12-3-6-14(7-4-12)22(25)26)21-20-13-5-8-15-16(11-13)29-10-9-28-15/h3-8,11,23H,2,9-10H2,1H3/b18-17+,21-20?. The Morgan fingerprint density at radius 3 is 2.52 bits per heavy atom. The van der Waals surface area contributed by atoms with Crippen molar-refractivity contribution >= 4 is 23.1 Å². The van der Waals surface area contributed by atoms with Crippen molar-refractivity contribution in [3.8, 4) is 11.5 Å². The quantitative estimate of drug-likeness (QED) is 0.194. The molecule has 1 N–H and O–H groups in total. The summed E-state index contributed by atoms with van der Waals surface area (Å²) in [7, 11) is 0. The maximum atomic E-state index is 12.2. The van der Waals surface area contributed by atoms with Gasteiger partial charge in [-0.05, 0) is 31.2 Å². The van der Waals surface area contributed by atoms with E-state index in [1.165, 1.54) is 24.3 Å². The van der Waals surface area contributed by atoms with E-state index in [2.05, 4.69) is 10.2 Å². The van der Waals surface area contributed by atoms with Gasteiger partial charge in [0, 0.05) is 23.8 Å². The lowest BCUT2D eigenvalue weighted by Crippen LogP contribution is -2.14. The molecule has 0 saturated heterocycles. The molecule has 29 heavy (non-hydrogen) atoms. The molecule has 3 rings (SSSR count). The van der Waals surface area contributed by atoms with Crippen molar-refractivity contribution in [3.05, 3.63) is 63.8 Å². The average Bonchev–Trinajstić information content (AvgIpc) is 2.74. The number of carbonyl (C=O) groups is 1. The molecule has 10 nitrogen and oxygen atoms in total. The number of hydrogen-bond acceptors (Lipinski definition) is 9. The zero-order valence-electron chi connectivity index (χ0n) is 15.4. The number of ether oxygens (including phenoxy) is 3. The van der Waals surface area contributed by atoms with Crippen LogP contribution < -0.4 is 9.47 Å². The van der Waals surface area contributed by atoms with Crippen molar-refractivity contribution in [3.63, 3.8) is 0 Å². The van der Waals surface area contributed by atoms with Crippen LogP contribution in [0.3, 0.4) is 0 Å². The van der Waals surface area contributed by atoms with Crippen molar-refractivity contribution in [1.82, 2.24) is 0 Å². The number of hydrogen-bond donors (Lipinski definition) is 1. The number of carbonyl (C=O) groups excluding carboxylic acids is 1. The molecule has 0 radical (unpaired) electrons. The number of nitro benzene ring substituents is 1. The van der Waals surface area contributed by atoms with E-state index >= 15 is 0 Å². The van der Waals surface area contributed by atoms with Crippen LogP contribution in [0.2, 0.25) is 0 Å². The predicted octanol–water partition coefficient (Wildman–Crippen LogP) is 3.94. The molecule has 0 amide bonds. The summed E-state index contributed by atoms with van der Waals surface area (Å²) >= 11 is 0. The summed E-state index contributed by atoms with van der Waals surface area (Å²) in [5.41, 5.74) is -0.0694. The first kappa shape index (κ1) is 19.8. The second kappa shape index (κ2) is 8.83. The molecule has 0 bridgehead atoms. The summed E-state index contributed by atoms with van der Waals surface area (Å²) in [5.74, 6) is -0.330. The van der Waals surface area contributed by atoms with Gasteiger partial charge >= 0.3 is 5.97 Å². The van der Waals surface area contributed by atoms with E-state index in [0.717, 1.165) is 0 Å². The van der Waals surface area contributed by atoms with E-state index in [4.69, 9.17) is 14.2 Å². The number of azo groups is 1. The fraction of sp³-hybridized carbons (Fsp3) is 0.211. The molecule has 0 saturated carbocycles. The third kappa shape index (κ3) is 4.67. The molecule has 10 heteroatoms. The number of non-ortho nitro benzene ring substituents is 1. The van der Waals surface area contributed by atoms with E-state index in [1.54, 1.807) is 25.1 Å². The second-order valence-electron chi connectivity index (χ2n) is 5.75. The zero-order valence-corrected chi connectivity index (χ0v) is 15.4. The normalized spacial score (nSPS) is 13.7. The number of nitro groups is 1. The SMILES string of the molecule is CCOC(=O)/C(N=Nc1ccc2c(c1)OCCO2)=C(\O)c1ccc([N+](=O)[O-])cc1. The first-order valence-corrected chi connectivity index (χ1v) is 8.66. The Balaban J connectivity index is 1.94. The molecule has 0 unspecified atom stereocenters. The maximum absolute atomic E-state index is 12.2. The molecule has 0 fully saturated rings. The molecular formula is C19H17N3O7. The van der Waals surface area contributed by atoms with Gasteiger partial charge in [0.2, 0.25) is 5.70 Å². The Labute approximate surface area is 165 Å². The number of esters is 1. The smallest absolute Gasteiger partial charge is 0.362 e. The molecule has 0 spiro atoms. The molecule has 0 atom stereocenters. The number of aliphatic hydroxyl groups is 1. The highest BCUT2D eigenvalue weighted by atomic mass is 16.6. The highest BCUT2D eigenvalue weighted by molar-refractivity contribution is 5.95. The summed E-state index contributed by atoms with van der Waals surface area (Å²) in [4.78, 5) is 22.4. The maximum Gasteiger partial charge on any atom is 0.362 e. The molecule has 1 heterocycles. The fourth-order valence-electron chi connectivity index (χ4n) is 2.46. The number of rotatable bonds is 6. The number of benzene rings is 2. The van der Waals surface area contributed by atoms with Crippen molar-refractivity contribution in [1.29, 1.82) is 0 Å². The van der Waals surface area contributed by atoms with E-state index in [-0.39, 0.29) is 17.9 Å². The third-order valence-corrected chi connectivity index (χ3v) is 3.84. The van der Waals surface area contributed by atoms with Gasteiger partial charge in [-0.3, -0.25) is 10.1 Å². The summed E-state index contributed by atoms with van der Waals surface area (Å²) in [6.07, 6.45) is 0. The van der Waals surface area contributed by atoms with E-state index in [1.807, 2.05) is 0 Å². The second-order valence-corrected chi connectivity index (χ2v) is 5.75. The van der Waals surface area contributed by atoms with Crippen molar-refractivity contribution in [2.24, 2.45) is 10.2 Å². The fourth-order valence-corrected chi connectivity index (χ4v) is 2.46. The van der Waals surface area contributed by atoms with Gasteiger partial charge in [0.15, 0.2) is 17.3 Å². The van der Waals surface area contributed by atoms with Crippen LogP contribution in [0.25, 0.3) is 5.76 Å². The van der Waals surface area contributed by atoms with Crippen molar-refractivity contribution in [2.45, 2.75) is 6.92 Å². The minimum absolute atomic E-state index is 0.0649. The Morgan fingerprint density at radius 1 is 1.17 bits per heavy atom. The average molecular weight is 399 g/mol. The highest BCUT2D eigenvalue weighted by Gasteiger charge is 2.19. The minimum Gasteiger partial charge on any atom is -0.505 e. The number of fused-ring (bicyclic) bond motifs is 1. The monoisotopic (exact) mass is 399 g/mol. The van der Waals surface area contributed by atoms with Gasteiger partial charge in [0.25, 0.3) is 5.69 Å². The lowest BCUT2D eigenvalue weighted by molar-refractivity contribution is -0.384. The van der Waals surface area contributed by atoms with Gasteiger partial charge < -0.3 is 19.3 Å². The Kier molecular flexibility index (Phi) is 6.03. The van der Waals surface area contributed by atoms with Crippen LogP contribution in [0, 0.1) is 10.1 Å². The van der Waals surface area contributed by atoms with Crippen LogP contribution in [0.5, 0.6) is 11.5 Å². The lowest BCUT2D eigenvalue weighted by Gasteiger charge is -2.17. The Bertz CT molecular complexity index is 984. The summed E-state index contributed by atoms with van der Waals surface area (Å²) in [5, 5.41) is 29.1. The molecule has 2 aromatic rings. The molecule has 1 aliphatic heterocycles. The minimum atomic E-state index is -0.885. The van der Waals surface area contributed by atoms with Gasteiger partial charge in [0.05, 0.1) is 17.2 Å². The van der Waals surface area contributed by atoms with Gasteiger partial charge in [-0.25, -0.2) is 4.79 Å². The largest absolute Gasteiger partial charge is 0.505 e. The van der Waals surface area contributed by atoms with Gasteiger partial charge in [-0.15, -0.1) is 5.11 Å². The first-order valence-electron chi connectivity index (χ1n) is 8.66. The summed E-state index contributed by atoms with van der Waals surface area (Å²) in [6.45, 7) is 2.53. The molecule has 1 aliphatic rings. The van der Waals surface area contributed by atoms with Crippen LogP contribution >= 0.6 is 0 Å². The molecule has 2 aromatic carbocycles. The third-order valence-electron chi connectivity index (χ3n) is 3.84. The van der Waals surface area contributed by atoms with E-state index in [9.17, 15) is 20.0 Å². The van der Waals surface area contributed by atoms with Crippen LogP contribution in [0.4, 0.5) is 11.4 Å². The van der Waals surface area contributed by atoms with E-state index < -0.39 is 22.3 Å². The Morgan fingerprint density at radius 2 is 1.86 bits per heavy atom. The predicted molar refractivity (Wildman–Crippen MR) is 101 cm³/mol. The lowest BCUT2D eigenvalue weighted by atomic mass is 10.1. The molecule has 150 valence electrons. The van der Waals surface area contributed by atoms with Crippen molar-refractivity contribution < 1.29 is 29.0 Å². The summed E-state index contributed by atoms with van der Waals surface area (Å²) < 4.78 is 15.8. The Hall–Kier alpha value is -3.95. The zero-order chi connectivity index (χ0) is 20.8. The topological polar surface area (TPSA) is 133 Å². The number of nitrogens with zero attached hydrogens (tertiary/aromatic N) is 3.